The van der Waals surface area contributed by atoms with E-state index in [1.807, 2.05) is 19.9 Å². The molecule has 33 heavy (non-hydrogen) atoms. The highest BCUT2D eigenvalue weighted by atomic mass is 19.1. The highest BCUT2D eigenvalue weighted by molar-refractivity contribution is 5.83. The van der Waals surface area contributed by atoms with Crippen LogP contribution in [-0.4, -0.2) is 56.4 Å². The number of nitrogens with zero attached hydrogens (tertiary/aromatic N) is 5. The van der Waals surface area contributed by atoms with E-state index in [1.165, 1.54) is 12.1 Å². The number of aryl methyl sites for hydroxylation is 2. The van der Waals surface area contributed by atoms with Crippen molar-refractivity contribution in [3.8, 4) is 0 Å². The maximum atomic E-state index is 13.4. The molecule has 0 amide bonds. The lowest BCUT2D eigenvalue weighted by molar-refractivity contribution is 0.0214. The van der Waals surface area contributed by atoms with Crippen molar-refractivity contribution in [3.05, 3.63) is 86.7 Å². The van der Waals surface area contributed by atoms with Crippen molar-refractivity contribution < 1.29 is 9.13 Å². The molecule has 0 radical (unpaired) electrons. The molecule has 3 heterocycles. The molecule has 170 valence electrons. The summed E-state index contributed by atoms with van der Waals surface area (Å²) in [6.07, 6.45) is 0. The van der Waals surface area contributed by atoms with Crippen LogP contribution in [0, 0.1) is 19.7 Å². The number of tetrazole rings is 1. The van der Waals surface area contributed by atoms with Crippen molar-refractivity contribution >= 4 is 10.9 Å². The molecule has 0 bridgehead atoms. The summed E-state index contributed by atoms with van der Waals surface area (Å²) < 4.78 is 20.6. The molecule has 0 saturated carbocycles. The Morgan fingerprint density at radius 1 is 1.12 bits per heavy atom. The Morgan fingerprint density at radius 2 is 1.88 bits per heavy atom. The number of ether oxygens (including phenoxy) is 1. The van der Waals surface area contributed by atoms with E-state index in [1.54, 1.807) is 16.8 Å². The molecular weight excluding hydrogens is 423 g/mol. The molecule has 4 aromatic rings. The number of morpholine rings is 1. The minimum absolute atomic E-state index is 0.165. The van der Waals surface area contributed by atoms with E-state index in [9.17, 15) is 9.18 Å². The van der Waals surface area contributed by atoms with Gasteiger partial charge in [0.2, 0.25) is 0 Å². The van der Waals surface area contributed by atoms with Crippen molar-refractivity contribution in [1.29, 1.82) is 0 Å². The third kappa shape index (κ3) is 4.29. The Hall–Kier alpha value is -3.43. The number of aromatic amines is 1. The van der Waals surface area contributed by atoms with Gasteiger partial charge in [-0.25, -0.2) is 9.07 Å². The zero-order chi connectivity index (χ0) is 22.9. The maximum Gasteiger partial charge on any atom is 0.253 e. The van der Waals surface area contributed by atoms with E-state index >= 15 is 0 Å². The smallest absolute Gasteiger partial charge is 0.253 e. The van der Waals surface area contributed by atoms with Crippen molar-refractivity contribution in [2.24, 2.45) is 0 Å². The summed E-state index contributed by atoms with van der Waals surface area (Å²) in [4.78, 5) is 18.6. The van der Waals surface area contributed by atoms with Crippen LogP contribution >= 0.6 is 0 Å². The summed E-state index contributed by atoms with van der Waals surface area (Å²) in [6, 6.07) is 11.9. The highest BCUT2D eigenvalue weighted by Gasteiger charge is 2.31. The van der Waals surface area contributed by atoms with E-state index in [0.717, 1.165) is 27.6 Å². The van der Waals surface area contributed by atoms with Crippen LogP contribution in [0.4, 0.5) is 4.39 Å². The summed E-state index contributed by atoms with van der Waals surface area (Å²) in [5.41, 5.74) is 4.27. The minimum atomic E-state index is -0.446. The van der Waals surface area contributed by atoms with Gasteiger partial charge in [-0.15, -0.1) is 5.10 Å². The fourth-order valence-electron chi connectivity index (χ4n) is 4.52. The molecule has 1 atom stereocenters. The molecule has 1 saturated heterocycles. The van der Waals surface area contributed by atoms with E-state index in [2.05, 4.69) is 37.5 Å². The van der Waals surface area contributed by atoms with Crippen molar-refractivity contribution in [3.63, 3.8) is 0 Å². The van der Waals surface area contributed by atoms with Crippen molar-refractivity contribution in [2.75, 3.05) is 26.3 Å². The standard InChI is InChI=1S/C24H25FN6O2/c1-15-11-16(2)21-18(12-15)13-20(24(32)26-21)22(30-7-9-33-10-8-30)23-27-28-29-31(23)14-17-3-5-19(25)6-4-17/h3-6,11-13,22H,7-10,14H2,1-2H3,(H,26,32)/t22-/m0/s1. The lowest BCUT2D eigenvalue weighted by Gasteiger charge is -2.33. The quantitative estimate of drug-likeness (QED) is 0.505. The number of hydrogen-bond donors (Lipinski definition) is 1. The number of benzene rings is 2. The Morgan fingerprint density at radius 3 is 2.64 bits per heavy atom. The molecule has 0 spiro atoms. The van der Waals surface area contributed by atoms with Gasteiger partial charge in [-0.05, 0) is 65.1 Å². The fourth-order valence-corrected chi connectivity index (χ4v) is 4.52. The van der Waals surface area contributed by atoms with Crippen LogP contribution in [-0.2, 0) is 11.3 Å². The maximum absolute atomic E-state index is 13.4. The number of nitrogens with one attached hydrogen (secondary N) is 1. The van der Waals surface area contributed by atoms with Crippen LogP contribution in [0.5, 0.6) is 0 Å². The molecular formula is C24H25FN6O2. The first-order chi connectivity index (χ1) is 16.0. The van der Waals surface area contributed by atoms with Gasteiger partial charge in [-0.3, -0.25) is 9.69 Å². The SMILES string of the molecule is Cc1cc(C)c2[nH]c(=O)c([C@@H](c3nnnn3Cc3ccc(F)cc3)N3CCOCC3)cc2c1. The Kier molecular flexibility index (Phi) is 5.74. The molecule has 0 aliphatic carbocycles. The van der Waals surface area contributed by atoms with Crippen LogP contribution in [0.15, 0.2) is 47.3 Å². The zero-order valence-electron chi connectivity index (χ0n) is 18.6. The summed E-state index contributed by atoms with van der Waals surface area (Å²) in [5, 5.41) is 13.4. The van der Waals surface area contributed by atoms with Gasteiger partial charge in [0.25, 0.3) is 5.56 Å². The van der Waals surface area contributed by atoms with E-state index in [0.29, 0.717) is 44.2 Å². The largest absolute Gasteiger partial charge is 0.379 e. The zero-order valence-corrected chi connectivity index (χ0v) is 18.6. The lowest BCUT2D eigenvalue weighted by Crippen LogP contribution is -2.42. The lowest BCUT2D eigenvalue weighted by atomic mass is 10.0. The average Bonchev–Trinajstić information content (AvgIpc) is 3.25. The topological polar surface area (TPSA) is 88.9 Å². The normalized spacial score (nSPS) is 15.7. The molecule has 9 heteroatoms. The number of halogens is 1. The second kappa shape index (κ2) is 8.84. The number of H-pyrrole nitrogens is 1. The second-order valence-electron chi connectivity index (χ2n) is 8.47. The third-order valence-corrected chi connectivity index (χ3v) is 6.08. The van der Waals surface area contributed by atoms with Crippen molar-refractivity contribution in [2.45, 2.75) is 26.4 Å². The first-order valence-electron chi connectivity index (χ1n) is 11.0. The Balaban J connectivity index is 1.63. The van der Waals surface area contributed by atoms with Crippen LogP contribution in [0.1, 0.15) is 34.1 Å². The number of rotatable bonds is 5. The highest BCUT2D eigenvalue weighted by Crippen LogP contribution is 2.28. The summed E-state index contributed by atoms with van der Waals surface area (Å²) >= 11 is 0. The third-order valence-electron chi connectivity index (χ3n) is 6.08. The number of aromatic nitrogens is 5. The van der Waals surface area contributed by atoms with Crippen LogP contribution < -0.4 is 5.56 Å². The molecule has 1 aliphatic rings. The van der Waals surface area contributed by atoms with E-state index < -0.39 is 6.04 Å². The summed E-state index contributed by atoms with van der Waals surface area (Å²) in [6.45, 7) is 6.84. The first kappa shape index (κ1) is 21.4. The van der Waals surface area contributed by atoms with Crippen molar-refractivity contribution in [1.82, 2.24) is 30.1 Å². The number of hydrogen-bond acceptors (Lipinski definition) is 6. The molecule has 1 fully saturated rings. The number of pyridine rings is 1. The van der Waals surface area contributed by atoms with Crippen LogP contribution in [0.2, 0.25) is 0 Å². The monoisotopic (exact) mass is 448 g/mol. The molecule has 1 N–H and O–H groups in total. The molecule has 8 nitrogen and oxygen atoms in total. The predicted octanol–water partition coefficient (Wildman–Crippen LogP) is 2.74. The first-order valence-corrected chi connectivity index (χ1v) is 11.0. The Labute approximate surface area is 190 Å². The molecule has 0 unspecified atom stereocenters. The Bertz CT molecular complexity index is 1340. The molecule has 1 aliphatic heterocycles. The molecule has 5 rings (SSSR count). The van der Waals surface area contributed by atoms with Gasteiger partial charge in [0.15, 0.2) is 5.82 Å². The molecule has 2 aromatic heterocycles. The van der Waals surface area contributed by atoms with Gasteiger partial charge in [0, 0.05) is 18.7 Å². The summed E-state index contributed by atoms with van der Waals surface area (Å²) in [7, 11) is 0. The minimum Gasteiger partial charge on any atom is -0.379 e. The average molecular weight is 449 g/mol. The van der Waals surface area contributed by atoms with Crippen LogP contribution in [0.25, 0.3) is 10.9 Å². The predicted molar refractivity (Wildman–Crippen MR) is 122 cm³/mol. The van der Waals surface area contributed by atoms with Gasteiger partial charge in [0.05, 0.1) is 25.3 Å². The van der Waals surface area contributed by atoms with E-state index in [4.69, 9.17) is 4.74 Å². The van der Waals surface area contributed by atoms with Crippen LogP contribution in [0.3, 0.4) is 0 Å². The van der Waals surface area contributed by atoms with Gasteiger partial charge < -0.3 is 9.72 Å². The van der Waals surface area contributed by atoms with Gasteiger partial charge >= 0.3 is 0 Å². The number of fused-ring (bicyclic) bond motifs is 1. The van der Waals surface area contributed by atoms with E-state index in [-0.39, 0.29) is 11.4 Å². The second-order valence-corrected chi connectivity index (χ2v) is 8.47. The van der Waals surface area contributed by atoms with Gasteiger partial charge in [-0.2, -0.15) is 0 Å². The fraction of sp³-hybridized carbons (Fsp3) is 0.333. The van der Waals surface area contributed by atoms with Gasteiger partial charge in [-0.1, -0.05) is 23.8 Å². The molecule has 2 aromatic carbocycles. The summed E-state index contributed by atoms with van der Waals surface area (Å²) in [5.74, 6) is 0.269. The van der Waals surface area contributed by atoms with Gasteiger partial charge in [0.1, 0.15) is 11.9 Å².